The second-order valence-electron chi connectivity index (χ2n) is 33.6. The van der Waals surface area contributed by atoms with Crippen molar-refractivity contribution in [1.29, 1.82) is 0 Å². The molecule has 0 radical (unpaired) electrons. The third kappa shape index (κ3) is 11.4. The van der Waals surface area contributed by atoms with Crippen LogP contribution in [0.1, 0.15) is 76.3 Å². The fourth-order valence-corrected chi connectivity index (χ4v) is 22.7. The Kier molecular flexibility index (Phi) is 17.9. The molecule has 0 unspecified atom stereocenters. The second-order valence-corrected chi connectivity index (χ2v) is 34.5. The summed E-state index contributed by atoms with van der Waals surface area (Å²) in [5, 5.41) is 63.2. The lowest BCUT2D eigenvalue weighted by molar-refractivity contribution is 0.101. The Morgan fingerprint density at radius 2 is 0.460 bits per heavy atom. The first-order chi connectivity index (χ1) is 61.0. The molecule has 124 heavy (non-hydrogen) atoms. The topological polar surface area (TPSA) is 57.5 Å². The third-order valence-corrected chi connectivity index (χ3v) is 27.7. The van der Waals surface area contributed by atoms with E-state index in [0.29, 0.717) is 5.92 Å². The molecule has 4 heteroatoms. The van der Waals surface area contributed by atoms with Gasteiger partial charge in [-0.1, -0.05) is 411 Å². The molecule has 0 fully saturated rings. The molecule has 3 aliphatic carbocycles. The molecule has 27 rings (SSSR count). The van der Waals surface area contributed by atoms with Crippen LogP contribution in [0.15, 0.2) is 405 Å². The summed E-state index contributed by atoms with van der Waals surface area (Å²) in [5.74, 6) is 0.444. The van der Waals surface area contributed by atoms with Gasteiger partial charge in [-0.25, -0.2) is 0 Å². The number of carbonyl (C=O) groups excluding carboxylic acids is 1. The molecule has 0 atom stereocenters. The zero-order chi connectivity index (χ0) is 83.2. The molecular formula is C120H81BrO3. The molecule has 3 aliphatic rings. The van der Waals surface area contributed by atoms with Crippen molar-refractivity contribution in [2.45, 2.75) is 38.2 Å². The van der Waals surface area contributed by atoms with E-state index in [4.69, 9.17) is 0 Å². The van der Waals surface area contributed by atoms with Crippen molar-refractivity contribution in [2.75, 3.05) is 6.61 Å². The minimum atomic E-state index is -1.09. The molecule has 0 aromatic heterocycles. The average Bonchev–Trinajstić information content (AvgIpc) is 1.54. The Morgan fingerprint density at radius 3 is 0.766 bits per heavy atom. The van der Waals surface area contributed by atoms with E-state index in [0.717, 1.165) is 48.1 Å². The van der Waals surface area contributed by atoms with Crippen molar-refractivity contribution in [3.8, 4) is 33.4 Å². The molecule has 0 bridgehead atoms. The van der Waals surface area contributed by atoms with Crippen LogP contribution in [0.4, 0.5) is 0 Å². The minimum absolute atomic E-state index is 0.0333. The highest BCUT2D eigenvalue weighted by Gasteiger charge is 2.44. The highest BCUT2D eigenvalue weighted by atomic mass is 79.9. The maximum atomic E-state index is 12.2. The van der Waals surface area contributed by atoms with Crippen LogP contribution in [-0.2, 0) is 5.60 Å². The molecule has 0 amide bonds. The second kappa shape index (κ2) is 29.7. The minimum Gasteiger partial charge on any atom is -0.395 e. The van der Waals surface area contributed by atoms with Gasteiger partial charge >= 0.3 is 0 Å². The maximum Gasteiger partial charge on any atom is 0.160 e. The van der Waals surface area contributed by atoms with E-state index >= 15 is 0 Å². The predicted octanol–water partition coefficient (Wildman–Crippen LogP) is 32.3. The summed E-state index contributed by atoms with van der Waals surface area (Å²) in [7, 11) is 0. The summed E-state index contributed by atoms with van der Waals surface area (Å²) in [5.41, 5.74) is 15.1. The Morgan fingerprint density at radius 1 is 0.258 bits per heavy atom. The van der Waals surface area contributed by atoms with Gasteiger partial charge in [0.15, 0.2) is 5.78 Å². The number of halogens is 1. The molecule has 0 aliphatic heterocycles. The first-order valence-corrected chi connectivity index (χ1v) is 43.8. The summed E-state index contributed by atoms with van der Waals surface area (Å²) in [6, 6.07) is 142. The van der Waals surface area contributed by atoms with E-state index in [1.54, 1.807) is 6.92 Å². The summed E-state index contributed by atoms with van der Waals surface area (Å²) in [6.07, 6.45) is 0. The Bertz CT molecular complexity index is 8290. The number of hydrogen-bond donors (Lipinski definition) is 2. The van der Waals surface area contributed by atoms with E-state index in [9.17, 15) is 15.0 Å². The molecular weight excluding hydrogens is 1570 g/mol. The van der Waals surface area contributed by atoms with Crippen LogP contribution in [0.5, 0.6) is 0 Å². The zero-order valence-electron chi connectivity index (χ0n) is 68.6. The standard InChI is InChI=1S/2C30H20O.C30H20.C16H12O.C14H9Br/c1-30(31)28-24-16-8-4-12-20(24)18-10-2-6-14-22(18)26(28)27-23-15-7-3-11-19(23)21-13-5-9-17-25(21)29(27)30;31-17-26-27-22-13-5-1-9-18(22)20-11-3-7-15-24(20)29(27)30-25-16-8-4-12-21(25)19-10-2-6-14-23(19)28(26)30;1-18-27-23-14-6-2-10-19(23)21-12-4-8-16-25(21)29(27)30-26-17-9-5-13-22(26)20-11-3-7-15-24(20)28(18)30;1-11(17)16-10-12-6-2-3-7-13(12)14-8-4-5-9-15(14)16;15-14-9-10-5-1-2-6-11(10)12-7-3-4-8-13(12)14/h2-17,31H,1H3;1-16,26,31H,17H2;2-18H,1H3;2-10H,1H3;1-9H. The molecule has 586 valence electrons. The van der Waals surface area contributed by atoms with Crippen molar-refractivity contribution in [1.82, 2.24) is 0 Å². The van der Waals surface area contributed by atoms with E-state index in [1.807, 2.05) is 49.4 Å². The highest BCUT2D eigenvalue weighted by Crippen LogP contribution is 2.61. The number of benzene rings is 24. The summed E-state index contributed by atoms with van der Waals surface area (Å²) in [6.45, 7) is 6.09. The van der Waals surface area contributed by atoms with Crippen molar-refractivity contribution in [3.63, 3.8) is 0 Å². The number of Topliss-reactive ketones (excluding diaryl/α,β-unsaturated/α-hetero) is 1. The first kappa shape index (κ1) is 74.6. The fourth-order valence-electron chi connectivity index (χ4n) is 22.1. The number of rotatable bonds is 2. The summed E-state index contributed by atoms with van der Waals surface area (Å²) < 4.78 is 1.16. The monoisotopic (exact) mass is 1650 g/mol. The summed E-state index contributed by atoms with van der Waals surface area (Å²) in [4.78, 5) is 11.7. The Hall–Kier alpha value is -14.5. The highest BCUT2D eigenvalue weighted by molar-refractivity contribution is 9.10. The van der Waals surface area contributed by atoms with Crippen LogP contribution in [0.25, 0.3) is 206 Å². The molecule has 0 saturated heterocycles. The number of hydrogen-bond acceptors (Lipinski definition) is 3. The molecule has 0 spiro atoms. The van der Waals surface area contributed by atoms with Gasteiger partial charge in [-0.05, 0) is 254 Å². The number of aliphatic hydroxyl groups is 2. The van der Waals surface area contributed by atoms with E-state index < -0.39 is 5.60 Å². The fraction of sp³-hybridized carbons (Fsp3) is 0.0583. The normalized spacial score (nSPS) is 13.0. The quantitative estimate of drug-likeness (QED) is 0.134. The largest absolute Gasteiger partial charge is 0.395 e. The number of ketones is 1. The van der Waals surface area contributed by atoms with E-state index in [1.165, 1.54) is 201 Å². The molecule has 24 aromatic rings. The van der Waals surface area contributed by atoms with Crippen LogP contribution in [0.2, 0.25) is 0 Å². The van der Waals surface area contributed by atoms with Crippen LogP contribution in [0.3, 0.4) is 0 Å². The van der Waals surface area contributed by atoms with Crippen molar-refractivity contribution >= 4 is 194 Å². The van der Waals surface area contributed by atoms with Crippen LogP contribution in [-0.4, -0.2) is 22.6 Å². The van der Waals surface area contributed by atoms with E-state index in [-0.39, 0.29) is 18.3 Å². The lowest BCUT2D eigenvalue weighted by Gasteiger charge is -2.24. The number of fused-ring (bicyclic) bond motifs is 45. The first-order valence-electron chi connectivity index (χ1n) is 43.0. The van der Waals surface area contributed by atoms with Gasteiger partial charge in [-0.3, -0.25) is 4.79 Å². The third-order valence-electron chi connectivity index (χ3n) is 27.1. The van der Waals surface area contributed by atoms with E-state index in [2.05, 4.69) is 381 Å². The lowest BCUT2D eigenvalue weighted by atomic mass is 9.85. The molecule has 3 nitrogen and oxygen atoms in total. The molecule has 24 aromatic carbocycles. The van der Waals surface area contributed by atoms with Crippen molar-refractivity contribution in [3.05, 3.63) is 444 Å². The van der Waals surface area contributed by atoms with Gasteiger partial charge in [0.25, 0.3) is 0 Å². The van der Waals surface area contributed by atoms with Gasteiger partial charge in [0, 0.05) is 33.0 Å². The summed E-state index contributed by atoms with van der Waals surface area (Å²) >= 11 is 3.62. The van der Waals surface area contributed by atoms with Crippen LogP contribution < -0.4 is 0 Å². The SMILES string of the molecule is Brc1cc2ccccc2c2ccccc12.CC(=O)c1cc2ccccc2c2ccccc12.CC1(O)c2c(c3ccccc3c3ccccc23)-c2c1c1ccccc1c1ccccc21.CC1c2c(c3ccccc3c3ccccc23)-c2c1c1ccccc1c1ccccc21.OCC1c2c(c3ccccc3c3ccccc23)-c2c1c1ccccc1c1ccccc21. The van der Waals surface area contributed by atoms with Crippen molar-refractivity contribution < 1.29 is 15.0 Å². The maximum absolute atomic E-state index is 12.2. The molecule has 2 N–H and O–H groups in total. The molecule has 0 saturated carbocycles. The Labute approximate surface area is 725 Å². The smallest absolute Gasteiger partial charge is 0.160 e. The van der Waals surface area contributed by atoms with Gasteiger partial charge in [0.2, 0.25) is 0 Å². The lowest BCUT2D eigenvalue weighted by Crippen LogP contribution is -2.20. The van der Waals surface area contributed by atoms with Gasteiger partial charge in [0.05, 0.1) is 6.61 Å². The van der Waals surface area contributed by atoms with Crippen LogP contribution in [0, 0.1) is 0 Å². The number of aliphatic hydroxyl groups excluding tert-OH is 1. The van der Waals surface area contributed by atoms with Crippen molar-refractivity contribution in [2.24, 2.45) is 0 Å². The van der Waals surface area contributed by atoms with Gasteiger partial charge in [-0.2, -0.15) is 0 Å². The van der Waals surface area contributed by atoms with Gasteiger partial charge in [0.1, 0.15) is 5.60 Å². The average molecular weight is 1650 g/mol. The van der Waals surface area contributed by atoms with Crippen LogP contribution >= 0.6 is 15.9 Å². The zero-order valence-corrected chi connectivity index (χ0v) is 70.2. The van der Waals surface area contributed by atoms with Gasteiger partial charge < -0.3 is 10.2 Å². The predicted molar refractivity (Wildman–Crippen MR) is 531 cm³/mol. The number of carbonyl (C=O) groups is 1. The molecule has 0 heterocycles. The van der Waals surface area contributed by atoms with Gasteiger partial charge in [-0.15, -0.1) is 0 Å². The Balaban J connectivity index is 0.0000000920.